The number of nitrogens with one attached hydrogen (secondary N) is 1. The molecule has 0 unspecified atom stereocenters. The summed E-state index contributed by atoms with van der Waals surface area (Å²) in [4.78, 5) is 11.3. The fourth-order valence-electron chi connectivity index (χ4n) is 1.97. The summed E-state index contributed by atoms with van der Waals surface area (Å²) < 4.78 is 1.78. The second kappa shape index (κ2) is 5.31. The molecule has 96 valence electrons. The highest BCUT2D eigenvalue weighted by atomic mass is 16.4. The molecule has 2 N–H and O–H groups in total. The molecular weight excluding hydrogens is 218 g/mol. The first-order valence-electron chi connectivity index (χ1n) is 5.93. The minimum Gasteiger partial charge on any atom is -0.480 e. The van der Waals surface area contributed by atoms with E-state index < -0.39 is 11.5 Å². The van der Waals surface area contributed by atoms with E-state index in [4.69, 9.17) is 0 Å². The summed E-state index contributed by atoms with van der Waals surface area (Å²) in [6.07, 6.45) is 1.13. The van der Waals surface area contributed by atoms with Gasteiger partial charge in [-0.25, -0.2) is 0 Å². The van der Waals surface area contributed by atoms with Gasteiger partial charge in [-0.2, -0.15) is 5.10 Å². The fourth-order valence-corrected chi connectivity index (χ4v) is 1.97. The highest BCUT2D eigenvalue weighted by Gasteiger charge is 2.34. The van der Waals surface area contributed by atoms with Crippen molar-refractivity contribution in [3.05, 3.63) is 17.5 Å². The van der Waals surface area contributed by atoms with Crippen LogP contribution in [-0.4, -0.2) is 26.4 Å². The van der Waals surface area contributed by atoms with Crippen LogP contribution in [0, 0.1) is 6.92 Å². The van der Waals surface area contributed by atoms with Crippen molar-refractivity contribution in [2.24, 2.45) is 7.05 Å². The molecular formula is C12H21N3O2. The van der Waals surface area contributed by atoms with Gasteiger partial charge in [0.1, 0.15) is 5.54 Å². The lowest BCUT2D eigenvalue weighted by Crippen LogP contribution is -2.50. The number of nitrogens with zero attached hydrogens (tertiary/aromatic N) is 2. The van der Waals surface area contributed by atoms with E-state index in [1.807, 2.05) is 33.9 Å². The molecule has 5 heteroatoms. The first-order valence-corrected chi connectivity index (χ1v) is 5.93. The molecule has 0 amide bonds. The molecule has 1 heterocycles. The number of aliphatic carboxylic acids is 1. The predicted molar refractivity (Wildman–Crippen MR) is 65.7 cm³/mol. The molecule has 0 radical (unpaired) electrons. The number of hydrogen-bond donors (Lipinski definition) is 2. The molecule has 0 spiro atoms. The Hall–Kier alpha value is -1.36. The first-order chi connectivity index (χ1) is 7.95. The first kappa shape index (κ1) is 13.7. The van der Waals surface area contributed by atoms with E-state index in [2.05, 4.69) is 10.4 Å². The lowest BCUT2D eigenvalue weighted by molar-refractivity contribution is -0.145. The van der Waals surface area contributed by atoms with Crippen LogP contribution in [0.25, 0.3) is 0 Å². The second-order valence-electron chi connectivity index (χ2n) is 4.35. The Balaban J connectivity index is 2.77. The van der Waals surface area contributed by atoms with Gasteiger partial charge in [-0.15, -0.1) is 0 Å². The SMILES string of the molecule is CCC(CC)(NCc1cc(C)nn1C)C(=O)O. The summed E-state index contributed by atoms with van der Waals surface area (Å²) in [6.45, 7) is 6.22. The number of aromatic nitrogens is 2. The zero-order valence-corrected chi connectivity index (χ0v) is 10.9. The molecule has 0 bridgehead atoms. The highest BCUT2D eigenvalue weighted by molar-refractivity contribution is 5.78. The third-order valence-electron chi connectivity index (χ3n) is 3.32. The van der Waals surface area contributed by atoms with Crippen LogP contribution >= 0.6 is 0 Å². The number of carbonyl (C=O) groups is 1. The summed E-state index contributed by atoms with van der Waals surface area (Å²) in [5.74, 6) is -0.790. The maximum atomic E-state index is 11.3. The quantitative estimate of drug-likeness (QED) is 0.788. The van der Waals surface area contributed by atoms with Gasteiger partial charge in [-0.1, -0.05) is 13.8 Å². The molecule has 0 aliphatic heterocycles. The largest absolute Gasteiger partial charge is 0.480 e. The molecule has 0 atom stereocenters. The Morgan fingerprint density at radius 1 is 1.53 bits per heavy atom. The minimum atomic E-state index is -0.835. The summed E-state index contributed by atoms with van der Waals surface area (Å²) in [7, 11) is 1.87. The number of carboxylic acid groups (broad SMARTS) is 1. The molecule has 1 aromatic rings. The van der Waals surface area contributed by atoms with E-state index in [0.717, 1.165) is 11.4 Å². The molecule has 17 heavy (non-hydrogen) atoms. The van der Waals surface area contributed by atoms with Crippen molar-refractivity contribution in [2.45, 2.75) is 45.7 Å². The second-order valence-corrected chi connectivity index (χ2v) is 4.35. The smallest absolute Gasteiger partial charge is 0.323 e. The zero-order chi connectivity index (χ0) is 13.1. The molecule has 0 aromatic carbocycles. The molecule has 0 fully saturated rings. The fraction of sp³-hybridized carbons (Fsp3) is 0.667. The Labute approximate surface area is 102 Å². The Bertz CT molecular complexity index is 394. The predicted octanol–water partition coefficient (Wildman–Crippen LogP) is 1.46. The zero-order valence-electron chi connectivity index (χ0n) is 10.9. The molecule has 0 saturated carbocycles. The van der Waals surface area contributed by atoms with Crippen molar-refractivity contribution < 1.29 is 9.90 Å². The van der Waals surface area contributed by atoms with Gasteiger partial charge in [0.05, 0.1) is 11.4 Å². The van der Waals surface area contributed by atoms with Gasteiger partial charge in [0.15, 0.2) is 0 Å². The lowest BCUT2D eigenvalue weighted by atomic mass is 9.93. The van der Waals surface area contributed by atoms with Crippen LogP contribution in [0.3, 0.4) is 0 Å². The number of aryl methyl sites for hydroxylation is 2. The van der Waals surface area contributed by atoms with Gasteiger partial charge in [0, 0.05) is 13.6 Å². The molecule has 1 rings (SSSR count). The van der Waals surface area contributed by atoms with Gasteiger partial charge < -0.3 is 5.11 Å². The standard InChI is InChI=1S/C12H21N3O2/c1-5-12(6-2,11(16)17)13-8-10-7-9(3)14-15(10)4/h7,13H,5-6,8H2,1-4H3,(H,16,17). The Kier molecular flexibility index (Phi) is 4.28. The van der Waals surface area contributed by atoms with Crippen LogP contribution < -0.4 is 5.32 Å². The minimum absolute atomic E-state index is 0.519. The van der Waals surface area contributed by atoms with E-state index in [9.17, 15) is 9.90 Å². The summed E-state index contributed by atoms with van der Waals surface area (Å²) in [5.41, 5.74) is 1.10. The molecule has 5 nitrogen and oxygen atoms in total. The monoisotopic (exact) mass is 239 g/mol. The molecule has 0 aliphatic carbocycles. The maximum absolute atomic E-state index is 11.3. The van der Waals surface area contributed by atoms with Crippen molar-refractivity contribution >= 4 is 5.97 Å². The topological polar surface area (TPSA) is 67.2 Å². The van der Waals surface area contributed by atoms with E-state index in [1.165, 1.54) is 0 Å². The van der Waals surface area contributed by atoms with Crippen LogP contribution in [-0.2, 0) is 18.4 Å². The van der Waals surface area contributed by atoms with E-state index >= 15 is 0 Å². The van der Waals surface area contributed by atoms with E-state index in [-0.39, 0.29) is 0 Å². The lowest BCUT2D eigenvalue weighted by Gasteiger charge is -2.28. The van der Waals surface area contributed by atoms with Gasteiger partial charge in [-0.3, -0.25) is 14.8 Å². The van der Waals surface area contributed by atoms with Crippen LogP contribution in [0.5, 0.6) is 0 Å². The molecule has 0 aliphatic rings. The van der Waals surface area contributed by atoms with Gasteiger partial charge >= 0.3 is 5.97 Å². The normalized spacial score (nSPS) is 11.8. The number of carboxylic acids is 1. The van der Waals surface area contributed by atoms with Gasteiger partial charge in [0.25, 0.3) is 0 Å². The van der Waals surface area contributed by atoms with Crippen molar-refractivity contribution in [1.29, 1.82) is 0 Å². The van der Waals surface area contributed by atoms with Gasteiger partial charge in [0.2, 0.25) is 0 Å². The molecule has 0 saturated heterocycles. The average molecular weight is 239 g/mol. The van der Waals surface area contributed by atoms with E-state index in [0.29, 0.717) is 19.4 Å². The van der Waals surface area contributed by atoms with Crippen LogP contribution in [0.2, 0.25) is 0 Å². The van der Waals surface area contributed by atoms with Crippen molar-refractivity contribution in [3.63, 3.8) is 0 Å². The Morgan fingerprint density at radius 2 is 2.12 bits per heavy atom. The summed E-state index contributed by atoms with van der Waals surface area (Å²) in [5, 5.41) is 16.7. The van der Waals surface area contributed by atoms with Crippen molar-refractivity contribution in [2.75, 3.05) is 0 Å². The third-order valence-corrected chi connectivity index (χ3v) is 3.32. The van der Waals surface area contributed by atoms with Gasteiger partial charge in [-0.05, 0) is 25.8 Å². The summed E-state index contributed by atoms with van der Waals surface area (Å²) in [6, 6.07) is 1.96. The third kappa shape index (κ3) is 2.85. The number of rotatable bonds is 6. The summed E-state index contributed by atoms with van der Waals surface area (Å²) >= 11 is 0. The van der Waals surface area contributed by atoms with E-state index in [1.54, 1.807) is 4.68 Å². The molecule has 1 aromatic heterocycles. The highest BCUT2D eigenvalue weighted by Crippen LogP contribution is 2.16. The maximum Gasteiger partial charge on any atom is 0.323 e. The van der Waals surface area contributed by atoms with Crippen molar-refractivity contribution in [1.82, 2.24) is 15.1 Å². The van der Waals surface area contributed by atoms with Crippen LogP contribution in [0.15, 0.2) is 6.07 Å². The van der Waals surface area contributed by atoms with Crippen LogP contribution in [0.4, 0.5) is 0 Å². The average Bonchev–Trinajstić information content (AvgIpc) is 2.59. The Morgan fingerprint density at radius 3 is 2.47 bits per heavy atom. The number of hydrogen-bond acceptors (Lipinski definition) is 3. The van der Waals surface area contributed by atoms with Crippen molar-refractivity contribution in [3.8, 4) is 0 Å². The van der Waals surface area contributed by atoms with Crippen LogP contribution in [0.1, 0.15) is 38.1 Å².